The molecule has 3 heteroatoms. The summed E-state index contributed by atoms with van der Waals surface area (Å²) in [5.74, 6) is -0.0392. The lowest BCUT2D eigenvalue weighted by molar-refractivity contribution is -0.128. The van der Waals surface area contributed by atoms with Crippen molar-refractivity contribution in [2.75, 3.05) is 6.67 Å². The summed E-state index contributed by atoms with van der Waals surface area (Å²) in [5.41, 5.74) is 0. The fraction of sp³-hybridized carbons (Fsp3) is 0.750. The van der Waals surface area contributed by atoms with Crippen LogP contribution in [0.2, 0.25) is 0 Å². The summed E-state index contributed by atoms with van der Waals surface area (Å²) < 4.78 is 11.4. The molecule has 0 bridgehead atoms. The summed E-state index contributed by atoms with van der Waals surface area (Å²) in [6.07, 6.45) is 0.372. The second kappa shape index (κ2) is 1.48. The molecule has 1 heterocycles. The van der Waals surface area contributed by atoms with Gasteiger partial charge in [-0.15, -0.1) is 0 Å². The van der Waals surface area contributed by atoms with Crippen molar-refractivity contribution in [3.05, 3.63) is 0 Å². The van der Waals surface area contributed by atoms with Crippen molar-refractivity contribution in [3.63, 3.8) is 0 Å². The fourth-order valence-electron chi connectivity index (χ4n) is 0.523. The largest absolute Gasteiger partial charge is 0.350 e. The summed E-state index contributed by atoms with van der Waals surface area (Å²) in [5, 5.41) is 2.38. The Morgan fingerprint density at radius 3 is 2.71 bits per heavy atom. The van der Waals surface area contributed by atoms with Gasteiger partial charge in [-0.1, -0.05) is 0 Å². The van der Waals surface area contributed by atoms with Crippen molar-refractivity contribution < 1.29 is 9.18 Å². The zero-order chi connectivity index (χ0) is 5.28. The number of hydrogen-bond acceptors (Lipinski definition) is 1. The first kappa shape index (κ1) is 4.56. The number of alkyl halides is 1. The van der Waals surface area contributed by atoms with Crippen LogP contribution in [-0.2, 0) is 4.79 Å². The molecule has 1 amide bonds. The summed E-state index contributed by atoms with van der Waals surface area (Å²) in [6, 6.07) is -0.174. The van der Waals surface area contributed by atoms with Gasteiger partial charge in [-0.05, 0) is 0 Å². The Labute approximate surface area is 40.7 Å². The van der Waals surface area contributed by atoms with Gasteiger partial charge in [-0.3, -0.25) is 4.79 Å². The van der Waals surface area contributed by atoms with Gasteiger partial charge in [-0.25, -0.2) is 4.39 Å². The van der Waals surface area contributed by atoms with E-state index in [2.05, 4.69) is 5.32 Å². The Balaban J connectivity index is 2.17. The maximum absolute atomic E-state index is 11.4. The number of halogens is 1. The number of carbonyl (C=O) groups is 1. The van der Waals surface area contributed by atoms with E-state index in [9.17, 15) is 9.18 Å². The molecule has 0 aromatic rings. The normalized spacial score (nSPS) is 28.7. The quantitative estimate of drug-likeness (QED) is 0.459. The van der Waals surface area contributed by atoms with Crippen LogP contribution in [0.1, 0.15) is 6.42 Å². The standard InChI is InChI=1S/C4H6FNO/c5-2-3-1-4(7)6-3/h3H,1-2H2,(H,6,7). The molecule has 0 radical (unpaired) electrons. The maximum Gasteiger partial charge on any atom is 0.222 e. The first-order valence-electron chi connectivity index (χ1n) is 2.18. The van der Waals surface area contributed by atoms with Gasteiger partial charge in [0.15, 0.2) is 0 Å². The highest BCUT2D eigenvalue weighted by molar-refractivity contribution is 5.82. The van der Waals surface area contributed by atoms with Gasteiger partial charge in [0, 0.05) is 6.42 Å². The van der Waals surface area contributed by atoms with Gasteiger partial charge < -0.3 is 5.32 Å². The fourth-order valence-corrected chi connectivity index (χ4v) is 0.523. The van der Waals surface area contributed by atoms with Crippen molar-refractivity contribution in [3.8, 4) is 0 Å². The van der Waals surface area contributed by atoms with Crippen LogP contribution < -0.4 is 5.32 Å². The second-order valence-corrected chi connectivity index (χ2v) is 1.62. The summed E-state index contributed by atoms with van der Waals surface area (Å²) >= 11 is 0. The van der Waals surface area contributed by atoms with Crippen molar-refractivity contribution in [1.82, 2.24) is 5.32 Å². The SMILES string of the molecule is O=C1CC(CF)N1. The van der Waals surface area contributed by atoms with Crippen LogP contribution in [0.3, 0.4) is 0 Å². The predicted octanol–water partition coefficient (Wildman–Crippen LogP) is -0.156. The Bertz CT molecular complexity index is 85.7. The van der Waals surface area contributed by atoms with E-state index >= 15 is 0 Å². The van der Waals surface area contributed by atoms with Crippen molar-refractivity contribution >= 4 is 5.91 Å². The molecule has 1 aliphatic rings. The van der Waals surface area contributed by atoms with Gasteiger partial charge in [0.2, 0.25) is 5.91 Å². The van der Waals surface area contributed by atoms with Crippen LogP contribution in [0.15, 0.2) is 0 Å². The lowest BCUT2D eigenvalue weighted by Crippen LogP contribution is -2.49. The highest BCUT2D eigenvalue weighted by Gasteiger charge is 2.24. The minimum Gasteiger partial charge on any atom is -0.350 e. The summed E-state index contributed by atoms with van der Waals surface area (Å²) in [7, 11) is 0. The first-order valence-corrected chi connectivity index (χ1v) is 2.18. The molecule has 1 saturated heterocycles. The molecule has 1 unspecified atom stereocenters. The van der Waals surface area contributed by atoms with E-state index in [0.29, 0.717) is 6.42 Å². The monoisotopic (exact) mass is 103 g/mol. The summed E-state index contributed by atoms with van der Waals surface area (Å²) in [6.45, 7) is -0.425. The Morgan fingerprint density at radius 2 is 2.57 bits per heavy atom. The number of rotatable bonds is 1. The zero-order valence-corrected chi connectivity index (χ0v) is 3.78. The van der Waals surface area contributed by atoms with Crippen LogP contribution in [0.5, 0.6) is 0 Å². The molecule has 0 aromatic carbocycles. The molecular formula is C4H6FNO. The molecule has 1 fully saturated rings. The highest BCUT2D eigenvalue weighted by atomic mass is 19.1. The number of β-lactam (4-membered cyclic amide) rings is 1. The Morgan fingerprint density at radius 1 is 2.00 bits per heavy atom. The summed E-state index contributed by atoms with van der Waals surface area (Å²) in [4.78, 5) is 9.99. The average molecular weight is 103 g/mol. The number of amides is 1. The molecule has 1 atom stereocenters. The molecule has 7 heavy (non-hydrogen) atoms. The average Bonchev–Trinajstić information content (AvgIpc) is 1.58. The molecule has 0 aliphatic carbocycles. The van der Waals surface area contributed by atoms with Gasteiger partial charge >= 0.3 is 0 Å². The molecule has 2 nitrogen and oxygen atoms in total. The van der Waals surface area contributed by atoms with Crippen LogP contribution in [0.25, 0.3) is 0 Å². The third kappa shape index (κ3) is 0.706. The van der Waals surface area contributed by atoms with E-state index in [1.54, 1.807) is 0 Å². The predicted molar refractivity (Wildman–Crippen MR) is 22.5 cm³/mol. The van der Waals surface area contributed by atoms with Crippen LogP contribution >= 0.6 is 0 Å². The number of nitrogens with one attached hydrogen (secondary N) is 1. The van der Waals surface area contributed by atoms with Crippen LogP contribution in [-0.4, -0.2) is 18.6 Å². The molecule has 0 spiro atoms. The lowest BCUT2D eigenvalue weighted by atomic mass is 10.1. The highest BCUT2D eigenvalue weighted by Crippen LogP contribution is 2.02. The van der Waals surface area contributed by atoms with E-state index in [1.165, 1.54) is 0 Å². The lowest BCUT2D eigenvalue weighted by Gasteiger charge is -2.23. The van der Waals surface area contributed by atoms with E-state index in [0.717, 1.165) is 0 Å². The molecule has 1 N–H and O–H groups in total. The Kier molecular flexibility index (Phi) is 0.964. The van der Waals surface area contributed by atoms with Gasteiger partial charge in [0.05, 0.1) is 6.04 Å². The molecule has 0 aromatic heterocycles. The minimum atomic E-state index is -0.425. The Hall–Kier alpha value is -0.600. The molecule has 1 rings (SSSR count). The third-order valence-corrected chi connectivity index (χ3v) is 0.983. The topological polar surface area (TPSA) is 29.1 Å². The molecule has 1 aliphatic heterocycles. The van der Waals surface area contributed by atoms with Crippen molar-refractivity contribution in [1.29, 1.82) is 0 Å². The first-order chi connectivity index (χ1) is 3.33. The molecular weight excluding hydrogens is 97.0 g/mol. The van der Waals surface area contributed by atoms with E-state index < -0.39 is 6.67 Å². The minimum absolute atomic E-state index is 0.0392. The van der Waals surface area contributed by atoms with Gasteiger partial charge in [-0.2, -0.15) is 0 Å². The van der Waals surface area contributed by atoms with Crippen molar-refractivity contribution in [2.45, 2.75) is 12.5 Å². The van der Waals surface area contributed by atoms with Crippen molar-refractivity contribution in [2.24, 2.45) is 0 Å². The van der Waals surface area contributed by atoms with E-state index in [-0.39, 0.29) is 11.9 Å². The number of carbonyl (C=O) groups excluding carboxylic acids is 1. The smallest absolute Gasteiger partial charge is 0.222 e. The second-order valence-electron chi connectivity index (χ2n) is 1.62. The zero-order valence-electron chi connectivity index (χ0n) is 3.78. The maximum atomic E-state index is 11.4. The third-order valence-electron chi connectivity index (χ3n) is 0.983. The van der Waals surface area contributed by atoms with Crippen LogP contribution in [0, 0.1) is 0 Å². The van der Waals surface area contributed by atoms with Crippen LogP contribution in [0.4, 0.5) is 4.39 Å². The molecule has 0 saturated carbocycles. The van der Waals surface area contributed by atoms with Gasteiger partial charge in [0.25, 0.3) is 0 Å². The molecule has 40 valence electrons. The van der Waals surface area contributed by atoms with E-state index in [4.69, 9.17) is 0 Å². The van der Waals surface area contributed by atoms with E-state index in [1.807, 2.05) is 0 Å². The number of hydrogen-bond donors (Lipinski definition) is 1. The van der Waals surface area contributed by atoms with Gasteiger partial charge in [0.1, 0.15) is 6.67 Å².